The van der Waals surface area contributed by atoms with Gasteiger partial charge in [-0.2, -0.15) is 5.10 Å². The molecule has 7 heteroatoms. The molecule has 3 aromatic rings. The van der Waals surface area contributed by atoms with E-state index in [4.69, 9.17) is 23.2 Å². The summed E-state index contributed by atoms with van der Waals surface area (Å²) in [5.41, 5.74) is 3.64. The predicted octanol–water partition coefficient (Wildman–Crippen LogP) is 4.18. The van der Waals surface area contributed by atoms with Crippen molar-refractivity contribution in [2.75, 3.05) is 0 Å². The lowest BCUT2D eigenvalue weighted by Gasteiger charge is -2.11. The largest absolute Gasteiger partial charge is 0.292 e. The number of hydrogen-bond donors (Lipinski definition) is 0. The number of aromatic nitrogens is 4. The zero-order valence-corrected chi connectivity index (χ0v) is 15.5. The molecule has 4 heterocycles. The Morgan fingerprint density at radius 1 is 1.08 bits per heavy atom. The molecule has 0 fully saturated rings. The van der Waals surface area contributed by atoms with Crippen molar-refractivity contribution in [2.45, 2.75) is 38.8 Å². The molecule has 0 atom stereocenters. The Morgan fingerprint density at radius 3 is 2.81 bits per heavy atom. The molecule has 5 rings (SSSR count). The lowest BCUT2D eigenvalue weighted by molar-refractivity contribution is 0.486. The molecule has 2 aromatic heterocycles. The molecule has 2 aliphatic rings. The maximum absolute atomic E-state index is 12.8. The highest BCUT2D eigenvalue weighted by Crippen LogP contribution is 2.31. The quantitative estimate of drug-likeness (QED) is 0.630. The molecular formula is C19H16Cl2N4O. The summed E-state index contributed by atoms with van der Waals surface area (Å²) in [5.74, 6) is 0.678. The van der Waals surface area contributed by atoms with Crippen LogP contribution in [0, 0.1) is 0 Å². The Hall–Kier alpha value is -2.11. The van der Waals surface area contributed by atoms with Gasteiger partial charge in [0.15, 0.2) is 0 Å². The Bertz CT molecular complexity index is 1120. The molecular weight excluding hydrogens is 371 g/mol. The van der Waals surface area contributed by atoms with Gasteiger partial charge in [-0.3, -0.25) is 14.0 Å². The third kappa shape index (κ3) is 2.49. The fourth-order valence-corrected chi connectivity index (χ4v) is 4.41. The van der Waals surface area contributed by atoms with Crippen LogP contribution < -0.4 is 5.56 Å². The normalized spacial score (nSPS) is 17.7. The van der Waals surface area contributed by atoms with Gasteiger partial charge in [0, 0.05) is 23.8 Å². The first-order chi connectivity index (χ1) is 12.6. The van der Waals surface area contributed by atoms with E-state index in [0.717, 1.165) is 30.7 Å². The molecule has 5 nitrogen and oxygen atoms in total. The highest BCUT2D eigenvalue weighted by Gasteiger charge is 2.23. The fraction of sp³-hybridized carbons (Fsp3) is 0.316. The summed E-state index contributed by atoms with van der Waals surface area (Å²) in [5, 5.41) is 5.99. The molecule has 2 aliphatic heterocycles. The van der Waals surface area contributed by atoms with Crippen molar-refractivity contribution < 1.29 is 0 Å². The van der Waals surface area contributed by atoms with Crippen LogP contribution in [0.3, 0.4) is 0 Å². The Labute approximate surface area is 159 Å². The first-order valence-corrected chi connectivity index (χ1v) is 9.53. The van der Waals surface area contributed by atoms with E-state index in [0.29, 0.717) is 33.3 Å². The van der Waals surface area contributed by atoms with Gasteiger partial charge in [-0.25, -0.2) is 4.98 Å². The third-order valence-electron chi connectivity index (χ3n) is 5.13. The molecule has 0 aliphatic carbocycles. The summed E-state index contributed by atoms with van der Waals surface area (Å²) < 4.78 is 3.79. The number of fused-ring (bicyclic) bond motifs is 3. The standard InChI is InChI=1S/C19H16Cl2N4O/c20-12-8-15-17(16(21)9-12)22-18-11(4-6-24(18)19(15)26)7-13-10-14-3-1-2-5-25(14)23-13/h7-10H,1-6H2. The van der Waals surface area contributed by atoms with Crippen LogP contribution in [-0.2, 0) is 19.5 Å². The number of hydrogen-bond acceptors (Lipinski definition) is 3. The van der Waals surface area contributed by atoms with Crippen LogP contribution in [0.4, 0.5) is 0 Å². The van der Waals surface area contributed by atoms with Gasteiger partial charge in [-0.15, -0.1) is 0 Å². The number of allylic oxidation sites excluding steroid dienone is 1. The molecule has 0 spiro atoms. The van der Waals surface area contributed by atoms with E-state index in [1.54, 1.807) is 16.7 Å². The van der Waals surface area contributed by atoms with Crippen molar-refractivity contribution in [1.29, 1.82) is 0 Å². The minimum absolute atomic E-state index is 0.0954. The van der Waals surface area contributed by atoms with E-state index in [2.05, 4.69) is 20.8 Å². The van der Waals surface area contributed by atoms with Crippen molar-refractivity contribution in [3.8, 4) is 0 Å². The molecule has 0 unspecified atom stereocenters. The van der Waals surface area contributed by atoms with Crippen LogP contribution in [-0.4, -0.2) is 19.3 Å². The summed E-state index contributed by atoms with van der Waals surface area (Å²) in [6.07, 6.45) is 6.27. The van der Waals surface area contributed by atoms with Crippen LogP contribution in [0.5, 0.6) is 0 Å². The van der Waals surface area contributed by atoms with E-state index in [1.165, 1.54) is 18.5 Å². The predicted molar refractivity (Wildman–Crippen MR) is 104 cm³/mol. The van der Waals surface area contributed by atoms with Crippen LogP contribution in [0.1, 0.15) is 36.5 Å². The number of rotatable bonds is 1. The Morgan fingerprint density at radius 2 is 1.96 bits per heavy atom. The summed E-state index contributed by atoms with van der Waals surface area (Å²) in [4.78, 5) is 17.5. The van der Waals surface area contributed by atoms with Gasteiger partial charge in [0.25, 0.3) is 5.56 Å². The molecule has 1 aromatic carbocycles. The summed E-state index contributed by atoms with van der Waals surface area (Å²) in [7, 11) is 0. The maximum Gasteiger partial charge on any atom is 0.261 e. The summed E-state index contributed by atoms with van der Waals surface area (Å²) in [6.45, 7) is 1.59. The average molecular weight is 387 g/mol. The molecule has 132 valence electrons. The zero-order chi connectivity index (χ0) is 17.8. The molecule has 0 bridgehead atoms. The van der Waals surface area contributed by atoms with Gasteiger partial charge in [0.1, 0.15) is 5.82 Å². The van der Waals surface area contributed by atoms with Gasteiger partial charge in [-0.05, 0) is 55.5 Å². The number of benzene rings is 1. The summed E-state index contributed by atoms with van der Waals surface area (Å²) in [6, 6.07) is 5.40. The zero-order valence-electron chi connectivity index (χ0n) is 14.0. The third-order valence-corrected chi connectivity index (χ3v) is 5.63. The number of halogens is 2. The van der Waals surface area contributed by atoms with Crippen molar-refractivity contribution in [3.63, 3.8) is 0 Å². The Balaban J connectivity index is 1.65. The first-order valence-electron chi connectivity index (χ1n) is 8.77. The van der Waals surface area contributed by atoms with E-state index >= 15 is 0 Å². The molecule has 0 saturated heterocycles. The highest BCUT2D eigenvalue weighted by molar-refractivity contribution is 6.38. The van der Waals surface area contributed by atoms with Gasteiger partial charge in [-0.1, -0.05) is 23.2 Å². The van der Waals surface area contributed by atoms with Crippen LogP contribution >= 0.6 is 23.2 Å². The van der Waals surface area contributed by atoms with Gasteiger partial charge < -0.3 is 0 Å². The second-order valence-corrected chi connectivity index (χ2v) is 7.68. The maximum atomic E-state index is 12.8. The smallest absolute Gasteiger partial charge is 0.261 e. The van der Waals surface area contributed by atoms with Crippen molar-refractivity contribution >= 4 is 45.8 Å². The van der Waals surface area contributed by atoms with Crippen molar-refractivity contribution in [2.24, 2.45) is 0 Å². The van der Waals surface area contributed by atoms with E-state index in [1.807, 2.05) is 6.08 Å². The van der Waals surface area contributed by atoms with Crippen LogP contribution in [0.15, 0.2) is 23.0 Å². The summed E-state index contributed by atoms with van der Waals surface area (Å²) >= 11 is 12.3. The molecule has 0 amide bonds. The number of aryl methyl sites for hydroxylation is 2. The average Bonchev–Trinajstić information content (AvgIpc) is 3.20. The monoisotopic (exact) mass is 386 g/mol. The highest BCUT2D eigenvalue weighted by atomic mass is 35.5. The molecule has 0 saturated carbocycles. The minimum Gasteiger partial charge on any atom is -0.292 e. The van der Waals surface area contributed by atoms with Crippen molar-refractivity contribution in [1.82, 2.24) is 19.3 Å². The lowest BCUT2D eigenvalue weighted by Crippen LogP contribution is -2.20. The van der Waals surface area contributed by atoms with Crippen molar-refractivity contribution in [3.05, 3.63) is 55.8 Å². The molecule has 0 N–H and O–H groups in total. The first kappa shape index (κ1) is 16.1. The topological polar surface area (TPSA) is 52.7 Å². The van der Waals surface area contributed by atoms with E-state index in [-0.39, 0.29) is 5.56 Å². The molecule has 0 radical (unpaired) electrons. The SMILES string of the molecule is O=c1c2cc(Cl)cc(Cl)c2nc2n1CCC2=Cc1cc2n(n1)CCCC2. The number of nitrogens with zero attached hydrogens (tertiary/aromatic N) is 4. The Kier molecular flexibility index (Phi) is 3.69. The second-order valence-electron chi connectivity index (χ2n) is 6.84. The fourth-order valence-electron chi connectivity index (χ4n) is 3.87. The second kappa shape index (κ2) is 5.96. The van der Waals surface area contributed by atoms with Crippen LogP contribution in [0.25, 0.3) is 22.6 Å². The van der Waals surface area contributed by atoms with Gasteiger partial charge in [0.2, 0.25) is 0 Å². The lowest BCUT2D eigenvalue weighted by atomic mass is 10.1. The minimum atomic E-state index is -0.0954. The van der Waals surface area contributed by atoms with E-state index < -0.39 is 0 Å². The van der Waals surface area contributed by atoms with Gasteiger partial charge >= 0.3 is 0 Å². The van der Waals surface area contributed by atoms with Crippen LogP contribution in [0.2, 0.25) is 10.0 Å². The van der Waals surface area contributed by atoms with E-state index in [9.17, 15) is 4.79 Å². The van der Waals surface area contributed by atoms with Gasteiger partial charge in [0.05, 0.1) is 21.6 Å². The molecule has 26 heavy (non-hydrogen) atoms.